The lowest BCUT2D eigenvalue weighted by atomic mass is 10.2. The zero-order valence-electron chi connectivity index (χ0n) is 5.44. The predicted octanol–water partition coefficient (Wildman–Crippen LogP) is 2.67. The molecule has 1 rings (SSSR count). The molecule has 4 heteroatoms. The maximum absolute atomic E-state index is 8.60. The molecule has 0 unspecified atom stereocenters. The van der Waals surface area contributed by atoms with E-state index in [2.05, 4.69) is 31.9 Å². The summed E-state index contributed by atoms with van der Waals surface area (Å²) in [6, 6.07) is 5.47. The summed E-state index contributed by atoms with van der Waals surface area (Å²) in [4.78, 5) is 0. The predicted molar refractivity (Wildman–Crippen MR) is 51.0 cm³/mol. The Labute approximate surface area is 81.3 Å². The number of nitrogen functional groups attached to an aromatic ring is 1. The minimum atomic E-state index is 0.478. The van der Waals surface area contributed by atoms with E-state index < -0.39 is 0 Å². The van der Waals surface area contributed by atoms with Crippen molar-refractivity contribution in [2.75, 3.05) is 5.73 Å². The highest BCUT2D eigenvalue weighted by Gasteiger charge is 2.03. The van der Waals surface area contributed by atoms with Crippen molar-refractivity contribution in [2.24, 2.45) is 0 Å². The second kappa shape index (κ2) is 3.24. The molecule has 2 nitrogen and oxygen atoms in total. The maximum Gasteiger partial charge on any atom is 0.101 e. The minimum Gasteiger partial charge on any atom is -0.397 e. The fourth-order valence-electron chi connectivity index (χ4n) is 0.677. The lowest BCUT2D eigenvalue weighted by molar-refractivity contribution is 1.46. The molecule has 0 atom stereocenters. The van der Waals surface area contributed by atoms with Crippen LogP contribution in [0.5, 0.6) is 0 Å². The molecular weight excluding hydrogens is 272 g/mol. The molecule has 0 aliphatic carbocycles. The third-order valence-corrected chi connectivity index (χ3v) is 2.33. The van der Waals surface area contributed by atoms with Crippen molar-refractivity contribution in [3.8, 4) is 6.07 Å². The van der Waals surface area contributed by atoms with Gasteiger partial charge in [-0.2, -0.15) is 5.26 Å². The molecule has 11 heavy (non-hydrogen) atoms. The van der Waals surface area contributed by atoms with Crippen molar-refractivity contribution in [3.05, 3.63) is 26.6 Å². The Kier molecular flexibility index (Phi) is 2.53. The van der Waals surface area contributed by atoms with Gasteiger partial charge >= 0.3 is 0 Å². The molecule has 0 fully saturated rings. The molecule has 0 aromatic heterocycles. The zero-order chi connectivity index (χ0) is 8.43. The van der Waals surface area contributed by atoms with Crippen molar-refractivity contribution < 1.29 is 0 Å². The van der Waals surface area contributed by atoms with Crippen LogP contribution in [0, 0.1) is 11.3 Å². The Balaban J connectivity index is 3.39. The second-order valence-corrected chi connectivity index (χ2v) is 3.73. The Morgan fingerprint density at radius 1 is 1.36 bits per heavy atom. The average molecular weight is 276 g/mol. The average Bonchev–Trinajstić information content (AvgIpc) is 1.96. The Morgan fingerprint density at radius 2 is 2.00 bits per heavy atom. The SMILES string of the molecule is N#Cc1cc(Br)cc(Br)c1N. The van der Waals surface area contributed by atoms with Crippen molar-refractivity contribution in [2.45, 2.75) is 0 Å². The van der Waals surface area contributed by atoms with Crippen molar-refractivity contribution in [1.29, 1.82) is 5.26 Å². The number of nitrogens with two attached hydrogens (primary N) is 1. The summed E-state index contributed by atoms with van der Waals surface area (Å²) in [5.41, 5.74) is 6.53. The van der Waals surface area contributed by atoms with Crippen LogP contribution >= 0.6 is 31.9 Å². The van der Waals surface area contributed by atoms with Crippen LogP contribution in [0.3, 0.4) is 0 Å². The van der Waals surface area contributed by atoms with Crippen LogP contribution < -0.4 is 5.73 Å². The lowest BCUT2D eigenvalue weighted by Gasteiger charge is -2.00. The number of hydrogen-bond donors (Lipinski definition) is 1. The van der Waals surface area contributed by atoms with Gasteiger partial charge in [0.2, 0.25) is 0 Å². The molecule has 0 amide bonds. The van der Waals surface area contributed by atoms with Crippen molar-refractivity contribution in [1.82, 2.24) is 0 Å². The van der Waals surface area contributed by atoms with Gasteiger partial charge in [-0.05, 0) is 28.1 Å². The van der Waals surface area contributed by atoms with Gasteiger partial charge in [-0.15, -0.1) is 0 Å². The summed E-state index contributed by atoms with van der Waals surface area (Å²) in [6.45, 7) is 0. The number of nitriles is 1. The maximum atomic E-state index is 8.60. The third kappa shape index (κ3) is 1.73. The molecule has 1 aromatic rings. The monoisotopic (exact) mass is 274 g/mol. The van der Waals surface area contributed by atoms with E-state index in [0.717, 1.165) is 8.95 Å². The Morgan fingerprint density at radius 3 is 2.55 bits per heavy atom. The highest BCUT2D eigenvalue weighted by molar-refractivity contribution is 9.11. The lowest BCUT2D eigenvalue weighted by Crippen LogP contribution is -1.91. The summed E-state index contributed by atoms with van der Waals surface area (Å²) in [5.74, 6) is 0. The minimum absolute atomic E-state index is 0.478. The van der Waals surface area contributed by atoms with Crippen LogP contribution in [0.2, 0.25) is 0 Å². The topological polar surface area (TPSA) is 49.8 Å². The Bertz CT molecular complexity index is 328. The molecule has 0 aliphatic rings. The molecular formula is C7H4Br2N2. The largest absolute Gasteiger partial charge is 0.397 e. The third-order valence-electron chi connectivity index (χ3n) is 1.21. The van der Waals surface area contributed by atoms with Gasteiger partial charge in [0.25, 0.3) is 0 Å². The Hall–Kier alpha value is -0.530. The molecule has 1 aromatic carbocycles. The number of rotatable bonds is 0. The van der Waals surface area contributed by atoms with E-state index in [4.69, 9.17) is 11.0 Å². The molecule has 0 spiro atoms. The quantitative estimate of drug-likeness (QED) is 0.740. The number of halogens is 2. The first-order chi connectivity index (χ1) is 5.15. The van der Waals surface area contributed by atoms with E-state index in [0.29, 0.717) is 11.3 Å². The first-order valence-corrected chi connectivity index (χ1v) is 4.38. The second-order valence-electron chi connectivity index (χ2n) is 1.96. The first-order valence-electron chi connectivity index (χ1n) is 2.79. The number of nitrogens with zero attached hydrogens (tertiary/aromatic N) is 1. The van der Waals surface area contributed by atoms with Crippen LogP contribution in [0.4, 0.5) is 5.69 Å². The van der Waals surface area contributed by atoms with Gasteiger partial charge in [-0.1, -0.05) is 15.9 Å². The molecule has 0 saturated heterocycles. The van der Waals surface area contributed by atoms with Crippen LogP contribution in [-0.2, 0) is 0 Å². The van der Waals surface area contributed by atoms with Crippen LogP contribution in [-0.4, -0.2) is 0 Å². The van der Waals surface area contributed by atoms with E-state index in [-0.39, 0.29) is 0 Å². The van der Waals surface area contributed by atoms with E-state index in [1.165, 1.54) is 0 Å². The van der Waals surface area contributed by atoms with E-state index >= 15 is 0 Å². The highest BCUT2D eigenvalue weighted by Crippen LogP contribution is 2.27. The van der Waals surface area contributed by atoms with Gasteiger partial charge < -0.3 is 5.73 Å². The fourth-order valence-corrected chi connectivity index (χ4v) is 1.90. The van der Waals surface area contributed by atoms with Gasteiger partial charge in [0.1, 0.15) is 6.07 Å². The van der Waals surface area contributed by atoms with Crippen molar-refractivity contribution >= 4 is 37.5 Å². The summed E-state index contributed by atoms with van der Waals surface area (Å²) < 4.78 is 1.58. The molecule has 0 radical (unpaired) electrons. The summed E-state index contributed by atoms with van der Waals surface area (Å²) >= 11 is 6.48. The van der Waals surface area contributed by atoms with Crippen LogP contribution in [0.15, 0.2) is 21.1 Å². The molecule has 0 heterocycles. The molecule has 2 N–H and O–H groups in total. The zero-order valence-corrected chi connectivity index (χ0v) is 8.61. The van der Waals surface area contributed by atoms with Gasteiger partial charge in [0.05, 0.1) is 11.3 Å². The first kappa shape index (κ1) is 8.57. The van der Waals surface area contributed by atoms with Gasteiger partial charge in [0.15, 0.2) is 0 Å². The summed E-state index contributed by atoms with van der Waals surface area (Å²) in [6.07, 6.45) is 0. The van der Waals surface area contributed by atoms with Crippen LogP contribution in [0.1, 0.15) is 5.56 Å². The fraction of sp³-hybridized carbons (Fsp3) is 0. The normalized spacial score (nSPS) is 9.18. The van der Waals surface area contributed by atoms with Gasteiger partial charge in [-0.3, -0.25) is 0 Å². The molecule has 0 saturated carbocycles. The molecule has 56 valence electrons. The number of hydrogen-bond acceptors (Lipinski definition) is 2. The van der Waals surface area contributed by atoms with E-state index in [1.807, 2.05) is 6.07 Å². The smallest absolute Gasteiger partial charge is 0.101 e. The molecule has 0 bridgehead atoms. The van der Waals surface area contributed by atoms with E-state index in [9.17, 15) is 0 Å². The number of benzene rings is 1. The van der Waals surface area contributed by atoms with Gasteiger partial charge in [0, 0.05) is 8.95 Å². The highest BCUT2D eigenvalue weighted by atomic mass is 79.9. The molecule has 0 aliphatic heterocycles. The standard InChI is InChI=1S/C7H4Br2N2/c8-5-1-4(3-10)7(11)6(9)2-5/h1-2H,11H2. The van der Waals surface area contributed by atoms with Gasteiger partial charge in [-0.25, -0.2) is 0 Å². The van der Waals surface area contributed by atoms with Crippen molar-refractivity contribution in [3.63, 3.8) is 0 Å². The van der Waals surface area contributed by atoms with E-state index in [1.54, 1.807) is 12.1 Å². The van der Waals surface area contributed by atoms with Crippen LogP contribution in [0.25, 0.3) is 0 Å². The number of anilines is 1. The summed E-state index contributed by atoms with van der Waals surface area (Å²) in [5, 5.41) is 8.60. The summed E-state index contributed by atoms with van der Waals surface area (Å²) in [7, 11) is 0.